The van der Waals surface area contributed by atoms with Crippen LogP contribution in [0.5, 0.6) is 0 Å². The third-order valence-corrected chi connectivity index (χ3v) is 5.75. The minimum Gasteiger partial charge on any atom is -0.466 e. The Morgan fingerprint density at radius 1 is 1.22 bits per heavy atom. The van der Waals surface area contributed by atoms with Gasteiger partial charge in [-0.2, -0.15) is 0 Å². The standard InChI is InChI=1S/C19H19N3O3S2/c1-2-25-17(23)7-9-22(13-14-5-3-8-20-11-14)19(24)16-12-21-18(27-16)15-6-4-10-26-15/h3-6,8,10-12H,2,7,9,13H2,1H3. The van der Waals surface area contributed by atoms with E-state index in [-0.39, 0.29) is 24.8 Å². The number of amides is 1. The summed E-state index contributed by atoms with van der Waals surface area (Å²) in [4.78, 5) is 36.5. The molecule has 3 rings (SSSR count). The van der Waals surface area contributed by atoms with Crippen molar-refractivity contribution >= 4 is 34.6 Å². The zero-order chi connectivity index (χ0) is 19.1. The lowest BCUT2D eigenvalue weighted by molar-refractivity contribution is -0.143. The molecule has 0 aliphatic heterocycles. The number of rotatable bonds is 8. The van der Waals surface area contributed by atoms with Gasteiger partial charge in [0.05, 0.1) is 24.1 Å². The monoisotopic (exact) mass is 401 g/mol. The van der Waals surface area contributed by atoms with Gasteiger partial charge in [-0.1, -0.05) is 12.1 Å². The topological polar surface area (TPSA) is 72.4 Å². The molecule has 3 aromatic rings. The van der Waals surface area contributed by atoms with Gasteiger partial charge in [-0.3, -0.25) is 14.6 Å². The average Bonchev–Trinajstić information content (AvgIpc) is 3.37. The number of thiophene rings is 1. The second kappa shape index (κ2) is 9.38. The number of hydrogen-bond acceptors (Lipinski definition) is 7. The van der Waals surface area contributed by atoms with Gasteiger partial charge in [0.25, 0.3) is 5.91 Å². The summed E-state index contributed by atoms with van der Waals surface area (Å²) in [5.41, 5.74) is 0.901. The molecule has 3 heterocycles. The Labute approximate surface area is 165 Å². The quantitative estimate of drug-likeness (QED) is 0.536. The van der Waals surface area contributed by atoms with E-state index in [1.54, 1.807) is 41.8 Å². The second-order valence-corrected chi connectivity index (χ2v) is 7.63. The van der Waals surface area contributed by atoms with Gasteiger partial charge in [-0.05, 0) is 30.0 Å². The number of pyridine rings is 1. The van der Waals surface area contributed by atoms with Crippen LogP contribution in [0.25, 0.3) is 9.88 Å². The fourth-order valence-electron chi connectivity index (χ4n) is 2.47. The fourth-order valence-corrected chi connectivity index (χ4v) is 4.15. The first-order valence-corrected chi connectivity index (χ1v) is 10.2. The molecule has 0 bridgehead atoms. The molecular formula is C19H19N3O3S2. The van der Waals surface area contributed by atoms with E-state index in [1.165, 1.54) is 11.3 Å². The molecule has 0 aromatic carbocycles. The molecule has 0 unspecified atom stereocenters. The molecule has 0 atom stereocenters. The molecule has 140 valence electrons. The van der Waals surface area contributed by atoms with Crippen molar-refractivity contribution in [2.75, 3.05) is 13.2 Å². The number of esters is 1. The van der Waals surface area contributed by atoms with Crippen molar-refractivity contribution in [3.8, 4) is 9.88 Å². The Morgan fingerprint density at radius 2 is 2.11 bits per heavy atom. The molecule has 3 aromatic heterocycles. The summed E-state index contributed by atoms with van der Waals surface area (Å²) in [6.45, 7) is 2.74. The summed E-state index contributed by atoms with van der Waals surface area (Å²) >= 11 is 2.94. The Morgan fingerprint density at radius 3 is 2.81 bits per heavy atom. The van der Waals surface area contributed by atoms with E-state index in [0.717, 1.165) is 15.4 Å². The van der Waals surface area contributed by atoms with Crippen LogP contribution in [0.15, 0.2) is 48.2 Å². The molecule has 1 amide bonds. The highest BCUT2D eigenvalue weighted by atomic mass is 32.1. The van der Waals surface area contributed by atoms with Crippen LogP contribution in [0.3, 0.4) is 0 Å². The van der Waals surface area contributed by atoms with E-state index in [2.05, 4.69) is 9.97 Å². The van der Waals surface area contributed by atoms with Crippen molar-refractivity contribution in [1.29, 1.82) is 0 Å². The number of thiazole rings is 1. The number of hydrogen-bond donors (Lipinski definition) is 0. The summed E-state index contributed by atoms with van der Waals surface area (Å²) in [7, 11) is 0. The Bertz CT molecular complexity index is 879. The van der Waals surface area contributed by atoms with Gasteiger partial charge in [-0.25, -0.2) is 4.98 Å². The molecule has 0 radical (unpaired) electrons. The van der Waals surface area contributed by atoms with Crippen LogP contribution in [0.4, 0.5) is 0 Å². The van der Waals surface area contributed by atoms with Gasteiger partial charge >= 0.3 is 5.97 Å². The largest absolute Gasteiger partial charge is 0.466 e. The zero-order valence-corrected chi connectivity index (χ0v) is 16.5. The van der Waals surface area contributed by atoms with Crippen molar-refractivity contribution in [1.82, 2.24) is 14.9 Å². The highest BCUT2D eigenvalue weighted by molar-refractivity contribution is 7.21. The lowest BCUT2D eigenvalue weighted by Crippen LogP contribution is -2.32. The van der Waals surface area contributed by atoms with E-state index in [9.17, 15) is 9.59 Å². The zero-order valence-electron chi connectivity index (χ0n) is 14.8. The van der Waals surface area contributed by atoms with Gasteiger partial charge < -0.3 is 9.64 Å². The summed E-state index contributed by atoms with van der Waals surface area (Å²) in [6.07, 6.45) is 5.15. The van der Waals surface area contributed by atoms with Crippen LogP contribution in [0.2, 0.25) is 0 Å². The van der Waals surface area contributed by atoms with Crippen LogP contribution in [-0.2, 0) is 16.1 Å². The van der Waals surface area contributed by atoms with Crippen molar-refractivity contribution in [2.45, 2.75) is 19.9 Å². The van der Waals surface area contributed by atoms with Gasteiger partial charge in [0.1, 0.15) is 9.88 Å². The summed E-state index contributed by atoms with van der Waals surface area (Å²) in [5, 5.41) is 2.80. The minimum absolute atomic E-state index is 0.149. The van der Waals surface area contributed by atoms with Crippen LogP contribution in [0.1, 0.15) is 28.6 Å². The summed E-state index contributed by atoms with van der Waals surface area (Å²) < 4.78 is 4.98. The fraction of sp³-hybridized carbons (Fsp3) is 0.263. The summed E-state index contributed by atoms with van der Waals surface area (Å²) in [5.74, 6) is -0.464. The van der Waals surface area contributed by atoms with E-state index in [0.29, 0.717) is 18.0 Å². The van der Waals surface area contributed by atoms with Crippen molar-refractivity contribution < 1.29 is 14.3 Å². The van der Waals surface area contributed by atoms with Gasteiger partial charge in [0.15, 0.2) is 0 Å². The molecule has 0 saturated heterocycles. The van der Waals surface area contributed by atoms with Crippen molar-refractivity contribution in [3.05, 3.63) is 58.7 Å². The first kappa shape index (κ1) is 19.2. The maximum Gasteiger partial charge on any atom is 0.307 e. The van der Waals surface area contributed by atoms with Gasteiger partial charge in [0, 0.05) is 25.5 Å². The normalized spacial score (nSPS) is 10.6. The average molecular weight is 402 g/mol. The molecular weight excluding hydrogens is 382 g/mol. The molecule has 0 N–H and O–H groups in total. The van der Waals surface area contributed by atoms with E-state index in [4.69, 9.17) is 4.74 Å². The number of aromatic nitrogens is 2. The number of carbonyl (C=O) groups excluding carboxylic acids is 2. The van der Waals surface area contributed by atoms with E-state index < -0.39 is 0 Å². The first-order valence-electron chi connectivity index (χ1n) is 8.51. The Balaban J connectivity index is 1.76. The lowest BCUT2D eigenvalue weighted by Gasteiger charge is -2.21. The second-order valence-electron chi connectivity index (χ2n) is 5.65. The predicted octanol–water partition coefficient (Wildman–Crippen LogP) is 3.86. The number of nitrogens with zero attached hydrogens (tertiary/aromatic N) is 3. The van der Waals surface area contributed by atoms with Gasteiger partial charge in [-0.15, -0.1) is 22.7 Å². The van der Waals surface area contributed by atoms with Crippen LogP contribution < -0.4 is 0 Å². The molecule has 27 heavy (non-hydrogen) atoms. The minimum atomic E-state index is -0.315. The molecule has 0 spiro atoms. The molecule has 0 aliphatic rings. The third kappa shape index (κ3) is 5.21. The highest BCUT2D eigenvalue weighted by Crippen LogP contribution is 2.29. The number of carbonyl (C=O) groups is 2. The smallest absolute Gasteiger partial charge is 0.307 e. The van der Waals surface area contributed by atoms with Crippen LogP contribution in [0, 0.1) is 0 Å². The predicted molar refractivity (Wildman–Crippen MR) is 106 cm³/mol. The molecule has 0 saturated carbocycles. The summed E-state index contributed by atoms with van der Waals surface area (Å²) in [6, 6.07) is 7.66. The van der Waals surface area contributed by atoms with Crippen LogP contribution in [-0.4, -0.2) is 39.9 Å². The molecule has 8 heteroatoms. The van der Waals surface area contributed by atoms with Crippen molar-refractivity contribution in [3.63, 3.8) is 0 Å². The maximum absolute atomic E-state index is 13.0. The van der Waals surface area contributed by atoms with Crippen molar-refractivity contribution in [2.24, 2.45) is 0 Å². The highest BCUT2D eigenvalue weighted by Gasteiger charge is 2.21. The molecule has 0 aliphatic carbocycles. The maximum atomic E-state index is 13.0. The molecule has 0 fully saturated rings. The Hall–Kier alpha value is -2.58. The number of ether oxygens (including phenoxy) is 1. The van der Waals surface area contributed by atoms with E-state index >= 15 is 0 Å². The van der Waals surface area contributed by atoms with Crippen LogP contribution >= 0.6 is 22.7 Å². The van der Waals surface area contributed by atoms with E-state index in [1.807, 2.05) is 29.6 Å². The first-order chi connectivity index (χ1) is 13.2. The SMILES string of the molecule is CCOC(=O)CCN(Cc1cccnc1)C(=O)c1cnc(-c2cccs2)s1. The molecule has 6 nitrogen and oxygen atoms in total. The third-order valence-electron chi connectivity index (χ3n) is 3.72. The lowest BCUT2D eigenvalue weighted by atomic mass is 10.2. The van der Waals surface area contributed by atoms with Gasteiger partial charge in [0.2, 0.25) is 0 Å². The Kier molecular flexibility index (Phi) is 6.67.